The van der Waals surface area contributed by atoms with Crippen LogP contribution < -0.4 is 0 Å². The first-order valence-electron chi connectivity index (χ1n) is 9.61. The summed E-state index contributed by atoms with van der Waals surface area (Å²) in [6, 6.07) is 7.57. The first-order chi connectivity index (χ1) is 13.4. The first-order valence-corrected chi connectivity index (χ1v) is 9.61. The fraction of sp³-hybridized carbons (Fsp3) is 0.476. The molecule has 7 heteroatoms. The van der Waals surface area contributed by atoms with Crippen LogP contribution in [-0.2, 0) is 9.53 Å². The van der Waals surface area contributed by atoms with Crippen molar-refractivity contribution >= 4 is 22.8 Å². The van der Waals surface area contributed by atoms with Crippen LogP contribution in [0.2, 0.25) is 0 Å². The average molecular weight is 383 g/mol. The zero-order valence-corrected chi connectivity index (χ0v) is 16.2. The molecule has 3 heterocycles. The van der Waals surface area contributed by atoms with E-state index >= 15 is 0 Å². The van der Waals surface area contributed by atoms with E-state index in [1.165, 1.54) is 0 Å². The molecule has 2 aliphatic rings. The SMILES string of the molecule is Cc1cc(C)c2ccc(C(=O)N3C[C@H]4COC[C@@H]3CN(CC(=O)O)C4)cc2n1. The molecule has 148 valence electrons. The largest absolute Gasteiger partial charge is 0.480 e. The number of rotatable bonds is 3. The van der Waals surface area contributed by atoms with Gasteiger partial charge >= 0.3 is 5.97 Å². The lowest BCUT2D eigenvalue weighted by Crippen LogP contribution is -2.47. The maximum Gasteiger partial charge on any atom is 0.317 e. The summed E-state index contributed by atoms with van der Waals surface area (Å²) in [6.45, 7) is 6.70. The van der Waals surface area contributed by atoms with Crippen molar-refractivity contribution in [3.05, 3.63) is 41.1 Å². The van der Waals surface area contributed by atoms with E-state index in [-0.39, 0.29) is 24.4 Å². The minimum absolute atomic E-state index is 0.00647. The molecule has 2 aromatic rings. The molecule has 1 aromatic carbocycles. The quantitative estimate of drug-likeness (QED) is 0.869. The smallest absolute Gasteiger partial charge is 0.317 e. The van der Waals surface area contributed by atoms with E-state index in [0.29, 0.717) is 38.4 Å². The van der Waals surface area contributed by atoms with Crippen molar-refractivity contribution in [3.63, 3.8) is 0 Å². The first kappa shape index (κ1) is 18.8. The van der Waals surface area contributed by atoms with Gasteiger partial charge in [-0.15, -0.1) is 0 Å². The molecule has 7 nitrogen and oxygen atoms in total. The second kappa shape index (κ2) is 7.48. The third-order valence-electron chi connectivity index (χ3n) is 5.56. The number of carboxylic acid groups (broad SMARTS) is 1. The molecule has 2 saturated heterocycles. The predicted molar refractivity (Wildman–Crippen MR) is 104 cm³/mol. The number of benzene rings is 1. The number of amides is 1. The summed E-state index contributed by atoms with van der Waals surface area (Å²) in [5.74, 6) is -0.774. The lowest BCUT2D eigenvalue weighted by Gasteiger charge is -2.30. The van der Waals surface area contributed by atoms with Crippen molar-refractivity contribution in [2.45, 2.75) is 19.9 Å². The molecule has 2 bridgehead atoms. The lowest BCUT2D eigenvalue weighted by atomic mass is 10.0. The number of hydrogen-bond acceptors (Lipinski definition) is 5. The van der Waals surface area contributed by atoms with Crippen LogP contribution in [0.15, 0.2) is 24.3 Å². The Balaban J connectivity index is 1.63. The Morgan fingerprint density at radius 1 is 1.18 bits per heavy atom. The third-order valence-corrected chi connectivity index (χ3v) is 5.56. The van der Waals surface area contributed by atoms with E-state index in [9.17, 15) is 9.59 Å². The number of aliphatic carboxylic acids is 1. The predicted octanol–water partition coefficient (Wildman–Crippen LogP) is 1.71. The number of ether oxygens (including phenoxy) is 1. The minimum atomic E-state index is -0.842. The number of hydrogen-bond donors (Lipinski definition) is 1. The molecule has 0 radical (unpaired) electrons. The van der Waals surface area contributed by atoms with Gasteiger partial charge in [0.05, 0.1) is 31.3 Å². The van der Waals surface area contributed by atoms with Gasteiger partial charge in [-0.2, -0.15) is 0 Å². The Bertz CT molecular complexity index is 929. The van der Waals surface area contributed by atoms with Crippen molar-refractivity contribution in [2.75, 3.05) is 39.4 Å². The number of fused-ring (bicyclic) bond motifs is 4. The summed E-state index contributed by atoms with van der Waals surface area (Å²) in [7, 11) is 0. The van der Waals surface area contributed by atoms with Gasteiger partial charge in [0.1, 0.15) is 0 Å². The molecule has 2 atom stereocenters. The highest BCUT2D eigenvalue weighted by atomic mass is 16.5. The monoisotopic (exact) mass is 383 g/mol. The fourth-order valence-electron chi connectivity index (χ4n) is 4.38. The summed E-state index contributed by atoms with van der Waals surface area (Å²) >= 11 is 0. The van der Waals surface area contributed by atoms with E-state index in [0.717, 1.165) is 22.2 Å². The van der Waals surface area contributed by atoms with Gasteiger partial charge in [-0.1, -0.05) is 6.07 Å². The van der Waals surface area contributed by atoms with Crippen LogP contribution in [-0.4, -0.2) is 77.2 Å². The third kappa shape index (κ3) is 3.72. The van der Waals surface area contributed by atoms with Crippen LogP contribution in [0.25, 0.3) is 10.9 Å². The molecule has 4 rings (SSSR count). The lowest BCUT2D eigenvalue weighted by molar-refractivity contribution is -0.138. The van der Waals surface area contributed by atoms with E-state index in [4.69, 9.17) is 9.84 Å². The van der Waals surface area contributed by atoms with E-state index in [2.05, 4.69) is 4.98 Å². The van der Waals surface area contributed by atoms with Crippen LogP contribution in [0.3, 0.4) is 0 Å². The number of aromatic nitrogens is 1. The van der Waals surface area contributed by atoms with Crippen LogP contribution >= 0.6 is 0 Å². The summed E-state index contributed by atoms with van der Waals surface area (Å²) in [6.07, 6.45) is 0. The molecular formula is C21H25N3O4. The second-order valence-electron chi connectivity index (χ2n) is 7.92. The van der Waals surface area contributed by atoms with E-state index in [1.807, 2.05) is 47.9 Å². The highest BCUT2D eigenvalue weighted by Gasteiger charge is 2.36. The van der Waals surface area contributed by atoms with Crippen molar-refractivity contribution in [2.24, 2.45) is 5.92 Å². The Labute approximate surface area is 163 Å². The van der Waals surface area contributed by atoms with Crippen LogP contribution in [0.4, 0.5) is 0 Å². The maximum absolute atomic E-state index is 13.3. The van der Waals surface area contributed by atoms with Gasteiger partial charge in [-0.05, 0) is 37.6 Å². The molecule has 0 aliphatic carbocycles. The van der Waals surface area contributed by atoms with Gasteiger partial charge in [0.2, 0.25) is 0 Å². The van der Waals surface area contributed by atoms with Gasteiger partial charge in [0.15, 0.2) is 0 Å². The molecule has 0 saturated carbocycles. The molecule has 2 fully saturated rings. The van der Waals surface area contributed by atoms with Crippen molar-refractivity contribution < 1.29 is 19.4 Å². The Morgan fingerprint density at radius 2 is 2.00 bits per heavy atom. The number of nitrogens with zero attached hydrogens (tertiary/aromatic N) is 3. The highest BCUT2D eigenvalue weighted by Crippen LogP contribution is 2.24. The highest BCUT2D eigenvalue weighted by molar-refractivity contribution is 5.98. The van der Waals surface area contributed by atoms with Gasteiger partial charge in [0.25, 0.3) is 5.91 Å². The summed E-state index contributed by atoms with van der Waals surface area (Å²) in [4.78, 5) is 32.9. The number of carbonyl (C=O) groups excluding carboxylic acids is 1. The summed E-state index contributed by atoms with van der Waals surface area (Å²) in [5, 5.41) is 10.2. The van der Waals surface area contributed by atoms with E-state index in [1.54, 1.807) is 0 Å². The number of carboxylic acids is 1. The topological polar surface area (TPSA) is 83.0 Å². The number of carbonyl (C=O) groups is 2. The molecular weight excluding hydrogens is 358 g/mol. The van der Waals surface area contributed by atoms with Crippen LogP contribution in [0.5, 0.6) is 0 Å². The molecule has 1 N–H and O–H groups in total. The van der Waals surface area contributed by atoms with Gasteiger partial charge in [0, 0.05) is 42.2 Å². The van der Waals surface area contributed by atoms with Crippen molar-refractivity contribution in [1.29, 1.82) is 0 Å². The molecule has 1 amide bonds. The summed E-state index contributed by atoms with van der Waals surface area (Å²) in [5.41, 5.74) is 3.51. The van der Waals surface area contributed by atoms with Crippen molar-refractivity contribution in [3.8, 4) is 0 Å². The zero-order valence-electron chi connectivity index (χ0n) is 16.2. The standard InChI is InChI=1S/C21H25N3O4/c1-13-5-14(2)22-19-6-16(3-4-18(13)19)21(27)24-8-15-7-23(10-20(25)26)9-17(24)12-28-11-15/h3-6,15,17H,7-12H2,1-2H3,(H,25,26)/t15-,17-/m0/s1. The number of pyridine rings is 1. The molecule has 0 spiro atoms. The van der Waals surface area contributed by atoms with Crippen molar-refractivity contribution in [1.82, 2.24) is 14.8 Å². The Morgan fingerprint density at radius 3 is 2.79 bits per heavy atom. The fourth-order valence-corrected chi connectivity index (χ4v) is 4.38. The minimum Gasteiger partial charge on any atom is -0.480 e. The van der Waals surface area contributed by atoms with Crippen LogP contribution in [0, 0.1) is 19.8 Å². The molecule has 1 aromatic heterocycles. The number of aryl methyl sites for hydroxylation is 2. The van der Waals surface area contributed by atoms with Gasteiger partial charge < -0.3 is 14.7 Å². The van der Waals surface area contributed by atoms with E-state index < -0.39 is 5.97 Å². The second-order valence-corrected chi connectivity index (χ2v) is 7.92. The van der Waals surface area contributed by atoms with Gasteiger partial charge in [-0.3, -0.25) is 19.5 Å². The maximum atomic E-state index is 13.3. The molecule has 28 heavy (non-hydrogen) atoms. The normalized spacial score (nSPS) is 22.9. The zero-order chi connectivity index (χ0) is 19.8. The Hall–Kier alpha value is -2.51. The summed E-state index contributed by atoms with van der Waals surface area (Å²) < 4.78 is 5.75. The molecule has 0 unspecified atom stereocenters. The van der Waals surface area contributed by atoms with Crippen LogP contribution in [0.1, 0.15) is 21.6 Å². The Kier molecular flexibility index (Phi) is 5.03. The molecule has 2 aliphatic heterocycles. The van der Waals surface area contributed by atoms with Gasteiger partial charge in [-0.25, -0.2) is 0 Å². The average Bonchev–Trinajstić information content (AvgIpc) is 2.90.